The Labute approximate surface area is 112 Å². The minimum Gasteiger partial charge on any atom is -0.469 e. The maximum atomic E-state index is 11.8. The molecule has 0 aromatic heterocycles. The molecule has 0 saturated carbocycles. The molecule has 2 rings (SSSR count). The number of amides is 1. The minimum absolute atomic E-state index is 0.304. The molecule has 106 valence electrons. The molecule has 0 spiro atoms. The van der Waals surface area contributed by atoms with Gasteiger partial charge in [0.2, 0.25) is 0 Å². The van der Waals surface area contributed by atoms with E-state index in [4.69, 9.17) is 14.2 Å². The maximum absolute atomic E-state index is 11.8. The third-order valence-corrected chi connectivity index (χ3v) is 3.06. The molecule has 0 unspecified atom stereocenters. The van der Waals surface area contributed by atoms with E-state index in [1.807, 2.05) is 12.2 Å². The van der Waals surface area contributed by atoms with E-state index < -0.39 is 29.6 Å². The van der Waals surface area contributed by atoms with Crippen molar-refractivity contribution in [2.45, 2.75) is 44.6 Å². The summed E-state index contributed by atoms with van der Waals surface area (Å²) in [6.45, 7) is 5.34. The van der Waals surface area contributed by atoms with Gasteiger partial charge in [-0.3, -0.25) is 4.79 Å². The zero-order valence-electron chi connectivity index (χ0n) is 11.5. The van der Waals surface area contributed by atoms with Crippen LogP contribution in [0.25, 0.3) is 0 Å². The van der Waals surface area contributed by atoms with Gasteiger partial charge in [0.05, 0.1) is 25.4 Å². The molecule has 1 saturated heterocycles. The Hall–Kier alpha value is -1.56. The molecule has 4 atom stereocenters. The summed E-state index contributed by atoms with van der Waals surface area (Å²) in [4.78, 5) is 23.5. The number of hydrogen-bond donors (Lipinski definition) is 1. The fourth-order valence-electron chi connectivity index (χ4n) is 2.34. The summed E-state index contributed by atoms with van der Waals surface area (Å²) in [6, 6.07) is -0.447. The lowest BCUT2D eigenvalue weighted by molar-refractivity contribution is -0.146. The fourth-order valence-corrected chi connectivity index (χ4v) is 2.34. The van der Waals surface area contributed by atoms with Gasteiger partial charge in [-0.25, -0.2) is 4.79 Å². The van der Waals surface area contributed by atoms with Crippen molar-refractivity contribution >= 4 is 12.1 Å². The van der Waals surface area contributed by atoms with Crippen LogP contribution in [0.1, 0.15) is 20.8 Å². The third kappa shape index (κ3) is 2.89. The van der Waals surface area contributed by atoms with Crippen LogP contribution < -0.4 is 5.32 Å². The summed E-state index contributed by atoms with van der Waals surface area (Å²) < 4.78 is 15.5. The van der Waals surface area contributed by atoms with Crippen LogP contribution in [0.3, 0.4) is 0 Å². The van der Waals surface area contributed by atoms with E-state index in [-0.39, 0.29) is 12.2 Å². The van der Waals surface area contributed by atoms with Gasteiger partial charge in [0, 0.05) is 0 Å². The smallest absolute Gasteiger partial charge is 0.407 e. The lowest BCUT2D eigenvalue weighted by Gasteiger charge is -2.26. The van der Waals surface area contributed by atoms with Gasteiger partial charge >= 0.3 is 12.1 Å². The van der Waals surface area contributed by atoms with Gasteiger partial charge in [-0.2, -0.15) is 0 Å². The number of alkyl carbamates (subject to hydrolysis) is 1. The third-order valence-electron chi connectivity index (χ3n) is 3.06. The van der Waals surface area contributed by atoms with E-state index in [2.05, 4.69) is 5.32 Å². The van der Waals surface area contributed by atoms with Crippen molar-refractivity contribution in [3.8, 4) is 0 Å². The Morgan fingerprint density at radius 2 is 1.84 bits per heavy atom. The van der Waals surface area contributed by atoms with Crippen molar-refractivity contribution in [1.82, 2.24) is 5.32 Å². The second-order valence-electron chi connectivity index (χ2n) is 5.67. The quantitative estimate of drug-likeness (QED) is 0.598. The monoisotopic (exact) mass is 269 g/mol. The fraction of sp³-hybridized carbons (Fsp3) is 0.692. The first-order valence-corrected chi connectivity index (χ1v) is 6.23. The summed E-state index contributed by atoms with van der Waals surface area (Å²) in [5, 5.41) is 2.69. The molecule has 0 radical (unpaired) electrons. The van der Waals surface area contributed by atoms with Crippen molar-refractivity contribution in [3.05, 3.63) is 12.2 Å². The second kappa shape index (κ2) is 4.85. The van der Waals surface area contributed by atoms with E-state index in [1.54, 1.807) is 20.8 Å². The normalized spacial score (nSPS) is 32.2. The molecule has 6 nitrogen and oxygen atoms in total. The number of methoxy groups -OCH3 is 1. The van der Waals surface area contributed by atoms with E-state index in [1.165, 1.54) is 7.11 Å². The van der Waals surface area contributed by atoms with Gasteiger partial charge in [-0.1, -0.05) is 12.2 Å². The van der Waals surface area contributed by atoms with Crippen LogP contribution in [0.2, 0.25) is 0 Å². The predicted octanol–water partition coefficient (Wildman–Crippen LogP) is 1.01. The highest BCUT2D eigenvalue weighted by Crippen LogP contribution is 2.35. The first-order chi connectivity index (χ1) is 8.81. The molecule has 2 heterocycles. The number of carbonyl (C=O) groups excluding carboxylic acids is 2. The van der Waals surface area contributed by atoms with Gasteiger partial charge in [-0.15, -0.1) is 0 Å². The average molecular weight is 269 g/mol. The van der Waals surface area contributed by atoms with Crippen LogP contribution >= 0.6 is 0 Å². The summed E-state index contributed by atoms with van der Waals surface area (Å²) in [5.41, 5.74) is -0.584. The Balaban J connectivity index is 2.04. The van der Waals surface area contributed by atoms with Gasteiger partial charge < -0.3 is 19.5 Å². The molecule has 0 aromatic carbocycles. The molecule has 2 bridgehead atoms. The predicted molar refractivity (Wildman–Crippen MR) is 66.5 cm³/mol. The van der Waals surface area contributed by atoms with Gasteiger partial charge in [0.1, 0.15) is 11.5 Å². The number of fused-ring (bicyclic) bond motifs is 2. The van der Waals surface area contributed by atoms with Crippen molar-refractivity contribution in [1.29, 1.82) is 0 Å². The van der Waals surface area contributed by atoms with Crippen molar-refractivity contribution in [2.75, 3.05) is 7.11 Å². The first-order valence-electron chi connectivity index (χ1n) is 6.23. The van der Waals surface area contributed by atoms with Gasteiger partial charge in [0.25, 0.3) is 0 Å². The van der Waals surface area contributed by atoms with Crippen molar-refractivity contribution < 1.29 is 23.8 Å². The summed E-state index contributed by atoms with van der Waals surface area (Å²) >= 11 is 0. The highest BCUT2D eigenvalue weighted by Gasteiger charge is 2.51. The molecule has 2 aliphatic rings. The molecular formula is C13H19NO5. The maximum Gasteiger partial charge on any atom is 0.407 e. The lowest BCUT2D eigenvalue weighted by Crippen LogP contribution is -2.49. The number of carbonyl (C=O) groups is 2. The van der Waals surface area contributed by atoms with E-state index in [0.717, 1.165) is 0 Å². The summed E-state index contributed by atoms with van der Waals surface area (Å²) in [5.74, 6) is -0.912. The van der Waals surface area contributed by atoms with Gasteiger partial charge in [0.15, 0.2) is 0 Å². The molecule has 1 amide bonds. The first kappa shape index (κ1) is 13.9. The van der Waals surface area contributed by atoms with E-state index in [0.29, 0.717) is 0 Å². The number of rotatable bonds is 2. The number of esters is 1. The number of nitrogens with one attached hydrogen (secondary N) is 1. The SMILES string of the molecule is COC(=O)[C@@H]1[C@H](NC(=O)OC(C)(C)C)[C@H]2C=C[C@@H]1O2. The Morgan fingerprint density at radius 1 is 1.21 bits per heavy atom. The zero-order valence-corrected chi connectivity index (χ0v) is 11.5. The van der Waals surface area contributed by atoms with Crippen molar-refractivity contribution in [2.24, 2.45) is 5.92 Å². The standard InChI is InChI=1S/C13H19NO5/c1-13(2,3)19-12(16)14-10-8-6-5-7(18-8)9(10)11(15)17-4/h5-10H,1-4H3,(H,14,16)/t7-,8+,9-,10+/m0/s1. The van der Waals surface area contributed by atoms with Crippen LogP contribution in [0.5, 0.6) is 0 Å². The molecule has 6 heteroatoms. The minimum atomic E-state index is -0.584. The molecular weight excluding hydrogens is 250 g/mol. The summed E-state index contributed by atoms with van der Waals surface area (Å²) in [6.07, 6.45) is 2.46. The molecule has 19 heavy (non-hydrogen) atoms. The Bertz CT molecular complexity index is 412. The van der Waals surface area contributed by atoms with Crippen molar-refractivity contribution in [3.63, 3.8) is 0 Å². The summed E-state index contributed by atoms with van der Waals surface area (Å²) in [7, 11) is 1.32. The highest BCUT2D eigenvalue weighted by atomic mass is 16.6. The Kier molecular flexibility index (Phi) is 3.54. The molecule has 0 aromatic rings. The zero-order chi connectivity index (χ0) is 14.2. The Morgan fingerprint density at radius 3 is 2.42 bits per heavy atom. The lowest BCUT2D eigenvalue weighted by atomic mass is 9.89. The largest absolute Gasteiger partial charge is 0.469 e. The molecule has 1 N–H and O–H groups in total. The molecule has 2 aliphatic heterocycles. The van der Waals surface area contributed by atoms with Crippen LogP contribution in [-0.2, 0) is 19.0 Å². The highest BCUT2D eigenvalue weighted by molar-refractivity contribution is 5.77. The van der Waals surface area contributed by atoms with Gasteiger partial charge in [-0.05, 0) is 20.8 Å². The topological polar surface area (TPSA) is 73.9 Å². The van der Waals surface area contributed by atoms with E-state index in [9.17, 15) is 9.59 Å². The molecule has 1 fully saturated rings. The van der Waals surface area contributed by atoms with Crippen LogP contribution in [0.4, 0.5) is 4.79 Å². The van der Waals surface area contributed by atoms with E-state index >= 15 is 0 Å². The van der Waals surface area contributed by atoms with Crippen LogP contribution in [-0.4, -0.2) is 43.0 Å². The second-order valence-corrected chi connectivity index (χ2v) is 5.67. The average Bonchev–Trinajstić information content (AvgIpc) is 2.85. The van der Waals surface area contributed by atoms with Crippen LogP contribution in [0.15, 0.2) is 12.2 Å². The number of ether oxygens (including phenoxy) is 3. The molecule has 0 aliphatic carbocycles. The van der Waals surface area contributed by atoms with Crippen LogP contribution in [0, 0.1) is 5.92 Å². The number of hydrogen-bond acceptors (Lipinski definition) is 5.